The smallest absolute Gasteiger partial charge is 0.243 e. The Hall–Kier alpha value is -2.38. The number of sulfonamides is 1. The average molecular weight is 431 g/mol. The summed E-state index contributed by atoms with van der Waals surface area (Å²) < 4.78 is 33.3. The van der Waals surface area contributed by atoms with Gasteiger partial charge in [0.2, 0.25) is 15.9 Å². The highest BCUT2D eigenvalue weighted by atomic mass is 32.2. The first kappa shape index (κ1) is 22.3. The normalized spacial score (nSPS) is 15.2. The highest BCUT2D eigenvalue weighted by Gasteiger charge is 2.33. The number of hydrogen-bond donors (Lipinski definition) is 1. The molecule has 162 valence electrons. The fraction of sp³-hybridized carbons (Fsp3) is 0.435. The van der Waals surface area contributed by atoms with Crippen LogP contribution in [0.3, 0.4) is 0 Å². The van der Waals surface area contributed by atoms with Crippen LogP contribution in [0.1, 0.15) is 43.2 Å². The molecule has 1 aliphatic rings. The molecule has 7 heteroatoms. The maximum Gasteiger partial charge on any atom is 0.243 e. The molecule has 1 N–H and O–H groups in total. The second-order valence-corrected chi connectivity index (χ2v) is 9.67. The second kappa shape index (κ2) is 10.1. The third-order valence-electron chi connectivity index (χ3n) is 5.56. The highest BCUT2D eigenvalue weighted by Crippen LogP contribution is 2.28. The van der Waals surface area contributed by atoms with Crippen LogP contribution < -0.4 is 10.1 Å². The number of benzene rings is 2. The van der Waals surface area contributed by atoms with Crippen LogP contribution in [0.15, 0.2) is 53.4 Å². The van der Waals surface area contributed by atoms with Gasteiger partial charge in [-0.3, -0.25) is 4.79 Å². The van der Waals surface area contributed by atoms with Crippen molar-refractivity contribution in [3.63, 3.8) is 0 Å². The number of ether oxygens (including phenoxy) is 1. The highest BCUT2D eigenvalue weighted by molar-refractivity contribution is 7.89. The van der Waals surface area contributed by atoms with Crippen molar-refractivity contribution in [1.29, 1.82) is 0 Å². The van der Waals surface area contributed by atoms with Gasteiger partial charge in [0, 0.05) is 12.6 Å². The second-order valence-electron chi connectivity index (χ2n) is 7.78. The van der Waals surface area contributed by atoms with Crippen molar-refractivity contribution in [3.05, 3.63) is 59.7 Å². The zero-order valence-electron chi connectivity index (χ0n) is 17.6. The predicted octanol–water partition coefficient (Wildman–Crippen LogP) is 3.64. The summed E-state index contributed by atoms with van der Waals surface area (Å²) in [6, 6.07) is 14.1. The summed E-state index contributed by atoms with van der Waals surface area (Å²) in [7, 11) is -2.15. The molecule has 0 spiro atoms. The molecule has 0 radical (unpaired) electrons. The molecule has 0 aromatic heterocycles. The number of nitrogens with zero attached hydrogens (tertiary/aromatic N) is 1. The van der Waals surface area contributed by atoms with Gasteiger partial charge in [-0.2, -0.15) is 4.31 Å². The number of rotatable bonds is 8. The minimum absolute atomic E-state index is 0.142. The zero-order chi connectivity index (χ0) is 21.6. The van der Waals surface area contributed by atoms with E-state index in [1.807, 2.05) is 31.2 Å². The van der Waals surface area contributed by atoms with Gasteiger partial charge in [0.15, 0.2) is 0 Å². The molecule has 1 saturated carbocycles. The Morgan fingerprint density at radius 2 is 1.67 bits per heavy atom. The third kappa shape index (κ3) is 5.61. The Bertz CT molecular complexity index is 934. The van der Waals surface area contributed by atoms with Gasteiger partial charge < -0.3 is 10.1 Å². The molecule has 30 heavy (non-hydrogen) atoms. The molecule has 1 amide bonds. The Morgan fingerprint density at radius 3 is 2.27 bits per heavy atom. The Balaban J connectivity index is 1.73. The van der Waals surface area contributed by atoms with E-state index in [4.69, 9.17) is 4.74 Å². The Kier molecular flexibility index (Phi) is 7.50. The van der Waals surface area contributed by atoms with Crippen molar-refractivity contribution in [2.75, 3.05) is 13.7 Å². The summed E-state index contributed by atoms with van der Waals surface area (Å²) in [5.74, 6) is 0.449. The molecule has 0 atom stereocenters. The number of nitrogens with one attached hydrogen (secondary N) is 1. The number of aryl methyl sites for hydroxylation is 1. The maximum atomic E-state index is 13.4. The van der Waals surface area contributed by atoms with E-state index in [2.05, 4.69) is 5.32 Å². The first-order chi connectivity index (χ1) is 14.4. The van der Waals surface area contributed by atoms with Gasteiger partial charge in [-0.05, 0) is 49.6 Å². The fourth-order valence-corrected chi connectivity index (χ4v) is 5.41. The molecule has 0 bridgehead atoms. The summed E-state index contributed by atoms with van der Waals surface area (Å²) >= 11 is 0. The van der Waals surface area contributed by atoms with Crippen molar-refractivity contribution < 1.29 is 17.9 Å². The molecule has 1 fully saturated rings. The zero-order valence-corrected chi connectivity index (χ0v) is 18.5. The van der Waals surface area contributed by atoms with E-state index in [-0.39, 0.29) is 23.4 Å². The van der Waals surface area contributed by atoms with Crippen LogP contribution >= 0.6 is 0 Å². The molecule has 0 aliphatic heterocycles. The molecule has 0 unspecified atom stereocenters. The van der Waals surface area contributed by atoms with Gasteiger partial charge in [0.05, 0.1) is 18.6 Å². The van der Waals surface area contributed by atoms with Gasteiger partial charge in [-0.15, -0.1) is 0 Å². The van der Waals surface area contributed by atoms with E-state index in [0.717, 1.165) is 49.0 Å². The lowest BCUT2D eigenvalue weighted by Gasteiger charge is -2.33. The quantitative estimate of drug-likeness (QED) is 0.694. The van der Waals surface area contributed by atoms with Crippen LogP contribution in [0.4, 0.5) is 0 Å². The summed E-state index contributed by atoms with van der Waals surface area (Å²) in [4.78, 5) is 12.9. The molecular weight excluding hydrogens is 400 g/mol. The van der Waals surface area contributed by atoms with Crippen LogP contribution in [0, 0.1) is 6.92 Å². The van der Waals surface area contributed by atoms with Crippen molar-refractivity contribution in [3.8, 4) is 5.75 Å². The Morgan fingerprint density at radius 1 is 1.03 bits per heavy atom. The summed E-state index contributed by atoms with van der Waals surface area (Å²) in [5.41, 5.74) is 1.92. The van der Waals surface area contributed by atoms with Crippen molar-refractivity contribution in [2.45, 2.75) is 56.5 Å². The van der Waals surface area contributed by atoms with Crippen LogP contribution in [-0.4, -0.2) is 38.3 Å². The van der Waals surface area contributed by atoms with Crippen LogP contribution in [-0.2, 0) is 21.4 Å². The summed E-state index contributed by atoms with van der Waals surface area (Å²) in [6.07, 6.45) is 4.66. The van der Waals surface area contributed by atoms with E-state index in [1.54, 1.807) is 31.4 Å². The van der Waals surface area contributed by atoms with E-state index in [0.29, 0.717) is 6.54 Å². The number of carbonyl (C=O) groups excluding carboxylic acids is 1. The molecule has 2 aromatic rings. The van der Waals surface area contributed by atoms with Crippen molar-refractivity contribution >= 4 is 15.9 Å². The lowest BCUT2D eigenvalue weighted by molar-refractivity contribution is -0.121. The molecule has 1 aliphatic carbocycles. The monoisotopic (exact) mass is 430 g/mol. The number of methoxy groups -OCH3 is 1. The number of hydrogen-bond acceptors (Lipinski definition) is 4. The molecule has 3 rings (SSSR count). The van der Waals surface area contributed by atoms with Crippen LogP contribution in [0.5, 0.6) is 5.75 Å². The third-order valence-corrected chi connectivity index (χ3v) is 7.47. The number of carbonyl (C=O) groups is 1. The largest absolute Gasteiger partial charge is 0.497 e. The number of amides is 1. The van der Waals surface area contributed by atoms with E-state index < -0.39 is 10.0 Å². The minimum atomic E-state index is -3.75. The van der Waals surface area contributed by atoms with Gasteiger partial charge in [0.1, 0.15) is 5.75 Å². The summed E-state index contributed by atoms with van der Waals surface area (Å²) in [5, 5.41) is 2.85. The van der Waals surface area contributed by atoms with E-state index >= 15 is 0 Å². The molecule has 6 nitrogen and oxygen atoms in total. The van der Waals surface area contributed by atoms with Crippen molar-refractivity contribution in [2.24, 2.45) is 0 Å². The molecule has 0 heterocycles. The lowest BCUT2D eigenvalue weighted by atomic mass is 9.95. The standard InChI is InChI=1S/C23H30N2O4S/c1-18-8-14-22(15-9-18)30(27,28)25(20-6-4-3-5-7-20)17-23(26)24-16-19-10-12-21(29-2)13-11-19/h8-15,20H,3-7,16-17H2,1-2H3,(H,24,26). The average Bonchev–Trinajstić information content (AvgIpc) is 2.77. The lowest BCUT2D eigenvalue weighted by Crippen LogP contribution is -2.46. The minimum Gasteiger partial charge on any atom is -0.497 e. The first-order valence-corrected chi connectivity index (χ1v) is 11.8. The topological polar surface area (TPSA) is 75.7 Å². The van der Waals surface area contributed by atoms with Gasteiger partial charge in [-0.1, -0.05) is 49.1 Å². The molecular formula is C23H30N2O4S. The Labute approximate surface area is 179 Å². The fourth-order valence-electron chi connectivity index (χ4n) is 3.77. The van der Waals surface area contributed by atoms with E-state index in [9.17, 15) is 13.2 Å². The molecule has 0 saturated heterocycles. The SMILES string of the molecule is COc1ccc(CNC(=O)CN(C2CCCCC2)S(=O)(=O)c2ccc(C)cc2)cc1. The van der Waals surface area contributed by atoms with Crippen LogP contribution in [0.2, 0.25) is 0 Å². The maximum absolute atomic E-state index is 13.4. The van der Waals surface area contributed by atoms with Crippen molar-refractivity contribution in [1.82, 2.24) is 9.62 Å². The summed E-state index contributed by atoms with van der Waals surface area (Å²) in [6.45, 7) is 2.09. The van der Waals surface area contributed by atoms with Gasteiger partial charge >= 0.3 is 0 Å². The van der Waals surface area contributed by atoms with Crippen LogP contribution in [0.25, 0.3) is 0 Å². The van der Waals surface area contributed by atoms with E-state index in [1.165, 1.54) is 4.31 Å². The van der Waals surface area contributed by atoms with Gasteiger partial charge in [0.25, 0.3) is 0 Å². The van der Waals surface area contributed by atoms with Gasteiger partial charge in [-0.25, -0.2) is 8.42 Å². The predicted molar refractivity (Wildman–Crippen MR) is 117 cm³/mol. The first-order valence-electron chi connectivity index (χ1n) is 10.4. The molecule has 2 aromatic carbocycles.